The van der Waals surface area contributed by atoms with E-state index >= 15 is 0 Å². The number of imidazole rings is 1. The Morgan fingerprint density at radius 3 is 2.84 bits per heavy atom. The first-order valence-corrected chi connectivity index (χ1v) is 9.00. The van der Waals surface area contributed by atoms with Gasteiger partial charge in [-0.2, -0.15) is 0 Å². The van der Waals surface area contributed by atoms with Gasteiger partial charge in [-0.25, -0.2) is 15.0 Å². The van der Waals surface area contributed by atoms with Crippen LogP contribution in [0, 0.1) is 0 Å². The number of para-hydroxylation sites is 1. The molecule has 2 N–H and O–H groups in total. The topological polar surface area (TPSA) is 69.6 Å². The van der Waals surface area contributed by atoms with Crippen molar-refractivity contribution in [1.29, 1.82) is 0 Å². The zero-order valence-corrected chi connectivity index (χ0v) is 14.7. The smallest absolute Gasteiger partial charge is 0.173 e. The molecule has 0 saturated heterocycles. The van der Waals surface area contributed by atoms with Gasteiger partial charge in [0.05, 0.1) is 11.3 Å². The summed E-state index contributed by atoms with van der Waals surface area (Å²) in [5.41, 5.74) is 7.86. The molecule has 0 spiro atoms. The predicted octanol–water partition coefficient (Wildman–Crippen LogP) is 4.34. The fourth-order valence-electron chi connectivity index (χ4n) is 2.56. The molecule has 7 heteroatoms. The van der Waals surface area contributed by atoms with Gasteiger partial charge in [0.25, 0.3) is 0 Å². The highest BCUT2D eigenvalue weighted by atomic mass is 35.5. The Morgan fingerprint density at radius 1 is 1.08 bits per heavy atom. The van der Waals surface area contributed by atoms with Gasteiger partial charge in [0.1, 0.15) is 11.6 Å². The van der Waals surface area contributed by atoms with Gasteiger partial charge in [0.15, 0.2) is 5.16 Å². The number of hydrogen-bond donors (Lipinski definition) is 1. The molecule has 0 aliphatic carbocycles. The highest BCUT2D eigenvalue weighted by molar-refractivity contribution is 7.98. The zero-order chi connectivity index (χ0) is 17.2. The van der Waals surface area contributed by atoms with Crippen molar-refractivity contribution >= 4 is 40.1 Å². The predicted molar refractivity (Wildman–Crippen MR) is 102 cm³/mol. The third-order valence-corrected chi connectivity index (χ3v) is 4.90. The maximum Gasteiger partial charge on any atom is 0.173 e. The second kappa shape index (κ2) is 6.74. The highest BCUT2D eigenvalue weighted by Gasteiger charge is 2.10. The molecule has 0 unspecified atom stereocenters. The van der Waals surface area contributed by atoms with E-state index < -0.39 is 0 Å². The van der Waals surface area contributed by atoms with Gasteiger partial charge in [-0.3, -0.25) is 4.57 Å². The van der Waals surface area contributed by atoms with Gasteiger partial charge < -0.3 is 5.73 Å². The minimum atomic E-state index is 0.499. The summed E-state index contributed by atoms with van der Waals surface area (Å²) < 4.78 is 1.99. The summed E-state index contributed by atoms with van der Waals surface area (Å²) in [6, 6.07) is 15.4. The average molecular weight is 368 g/mol. The fourth-order valence-corrected chi connectivity index (χ4v) is 3.58. The van der Waals surface area contributed by atoms with Crippen LogP contribution in [0.4, 0.5) is 5.82 Å². The van der Waals surface area contributed by atoms with Crippen molar-refractivity contribution in [2.45, 2.75) is 10.9 Å². The van der Waals surface area contributed by atoms with Gasteiger partial charge in [0.2, 0.25) is 0 Å². The first-order valence-electron chi connectivity index (χ1n) is 7.64. The van der Waals surface area contributed by atoms with Crippen LogP contribution in [0.15, 0.2) is 66.1 Å². The van der Waals surface area contributed by atoms with E-state index in [1.165, 1.54) is 0 Å². The first kappa shape index (κ1) is 15.9. The fraction of sp³-hybridized carbons (Fsp3) is 0.0556. The number of benzene rings is 2. The molecule has 2 heterocycles. The second-order valence-corrected chi connectivity index (χ2v) is 6.77. The minimum absolute atomic E-state index is 0.499. The largest absolute Gasteiger partial charge is 0.383 e. The Labute approximate surface area is 153 Å². The summed E-state index contributed by atoms with van der Waals surface area (Å²) in [6.07, 6.45) is 3.67. The quantitative estimate of drug-likeness (QED) is 0.543. The van der Waals surface area contributed by atoms with E-state index in [4.69, 9.17) is 17.3 Å². The molecule has 4 aromatic rings. The molecule has 124 valence electrons. The van der Waals surface area contributed by atoms with Crippen LogP contribution >= 0.6 is 23.4 Å². The lowest BCUT2D eigenvalue weighted by molar-refractivity contribution is 0.893. The second-order valence-electron chi connectivity index (χ2n) is 5.39. The highest BCUT2D eigenvalue weighted by Crippen LogP contribution is 2.26. The van der Waals surface area contributed by atoms with Crippen LogP contribution in [0.1, 0.15) is 5.82 Å². The molecular weight excluding hydrogens is 354 g/mol. The van der Waals surface area contributed by atoms with Crippen molar-refractivity contribution in [3.63, 3.8) is 0 Å². The number of hydrogen-bond acceptors (Lipinski definition) is 5. The van der Waals surface area contributed by atoms with E-state index in [2.05, 4.69) is 15.0 Å². The molecule has 0 bridgehead atoms. The number of nitrogen functional groups attached to an aromatic ring is 1. The maximum absolute atomic E-state index is 6.09. The molecule has 0 fully saturated rings. The number of halogens is 1. The molecule has 5 nitrogen and oxygen atoms in total. The van der Waals surface area contributed by atoms with Crippen molar-refractivity contribution < 1.29 is 0 Å². The Balaban J connectivity index is 1.60. The van der Waals surface area contributed by atoms with E-state index in [9.17, 15) is 0 Å². The summed E-state index contributed by atoms with van der Waals surface area (Å²) in [5, 5.41) is 2.40. The number of nitrogens with zero attached hydrogens (tertiary/aromatic N) is 4. The van der Waals surface area contributed by atoms with E-state index in [1.54, 1.807) is 18.0 Å². The van der Waals surface area contributed by atoms with Gasteiger partial charge in [-0.1, -0.05) is 41.6 Å². The maximum atomic E-state index is 6.09. The van der Waals surface area contributed by atoms with Crippen molar-refractivity contribution in [1.82, 2.24) is 19.5 Å². The molecule has 0 saturated carbocycles. The van der Waals surface area contributed by atoms with Crippen LogP contribution in [0.2, 0.25) is 5.02 Å². The average Bonchev–Trinajstić information content (AvgIpc) is 3.09. The van der Waals surface area contributed by atoms with Crippen LogP contribution in [0.25, 0.3) is 16.6 Å². The van der Waals surface area contributed by atoms with Crippen LogP contribution in [-0.2, 0) is 5.75 Å². The number of nitrogens with two attached hydrogens (primary N) is 1. The summed E-state index contributed by atoms with van der Waals surface area (Å²) >= 11 is 7.64. The molecule has 0 aliphatic rings. The van der Waals surface area contributed by atoms with Crippen molar-refractivity contribution in [2.24, 2.45) is 0 Å². The zero-order valence-electron chi connectivity index (χ0n) is 13.1. The minimum Gasteiger partial charge on any atom is -0.383 e. The molecule has 0 amide bonds. The van der Waals surface area contributed by atoms with E-state index in [-0.39, 0.29) is 0 Å². The van der Waals surface area contributed by atoms with Crippen molar-refractivity contribution in [3.8, 4) is 5.69 Å². The Kier molecular flexibility index (Phi) is 4.29. The van der Waals surface area contributed by atoms with Gasteiger partial charge in [-0.05, 0) is 30.3 Å². The summed E-state index contributed by atoms with van der Waals surface area (Å²) in [7, 11) is 0. The Hall–Kier alpha value is -2.57. The first-order chi connectivity index (χ1) is 12.2. The van der Waals surface area contributed by atoms with Gasteiger partial charge >= 0.3 is 0 Å². The molecule has 4 rings (SSSR count). The van der Waals surface area contributed by atoms with E-state index in [1.807, 2.05) is 59.3 Å². The van der Waals surface area contributed by atoms with Crippen molar-refractivity contribution in [2.75, 3.05) is 5.73 Å². The van der Waals surface area contributed by atoms with E-state index in [0.29, 0.717) is 22.4 Å². The third-order valence-electron chi connectivity index (χ3n) is 3.70. The molecule has 2 aromatic heterocycles. The number of fused-ring (bicyclic) bond motifs is 1. The number of aromatic nitrogens is 4. The molecular formula is C18H14ClN5S. The van der Waals surface area contributed by atoms with Gasteiger partial charge in [-0.15, -0.1) is 0 Å². The normalized spacial score (nSPS) is 11.1. The summed E-state index contributed by atoms with van der Waals surface area (Å²) in [4.78, 5) is 13.4. The van der Waals surface area contributed by atoms with Crippen LogP contribution < -0.4 is 5.73 Å². The van der Waals surface area contributed by atoms with Crippen molar-refractivity contribution in [3.05, 3.63) is 71.8 Å². The summed E-state index contributed by atoms with van der Waals surface area (Å²) in [6.45, 7) is 0. The SMILES string of the molecule is Nc1nc(CSc2nccn2-c2cccc(Cl)c2)nc2ccccc12. The lowest BCUT2D eigenvalue weighted by atomic mass is 10.2. The monoisotopic (exact) mass is 367 g/mol. The van der Waals surface area contributed by atoms with Crippen LogP contribution in [-0.4, -0.2) is 19.5 Å². The standard InChI is InChI=1S/C18H14ClN5S/c19-12-4-3-5-13(10-12)24-9-8-21-18(24)25-11-16-22-15-7-2-1-6-14(15)17(20)23-16/h1-10H,11H2,(H2,20,22,23). The number of thioether (sulfide) groups is 1. The Bertz CT molecular complexity index is 1050. The summed E-state index contributed by atoms with van der Waals surface area (Å²) in [5.74, 6) is 1.76. The molecule has 2 aromatic carbocycles. The lowest BCUT2D eigenvalue weighted by Gasteiger charge is -2.08. The molecule has 0 atom stereocenters. The van der Waals surface area contributed by atoms with Gasteiger partial charge in [0, 0.05) is 28.5 Å². The number of anilines is 1. The number of rotatable bonds is 4. The van der Waals surface area contributed by atoms with E-state index in [0.717, 1.165) is 21.7 Å². The van der Waals surface area contributed by atoms with Crippen LogP contribution in [0.5, 0.6) is 0 Å². The third kappa shape index (κ3) is 3.31. The molecule has 25 heavy (non-hydrogen) atoms. The Morgan fingerprint density at radius 2 is 1.96 bits per heavy atom. The van der Waals surface area contributed by atoms with Crippen LogP contribution in [0.3, 0.4) is 0 Å². The molecule has 0 aliphatic heterocycles. The lowest BCUT2D eigenvalue weighted by Crippen LogP contribution is -2.01. The molecule has 0 radical (unpaired) electrons.